The van der Waals surface area contributed by atoms with Gasteiger partial charge in [-0.25, -0.2) is 13.4 Å². The molecule has 23 heavy (non-hydrogen) atoms. The van der Waals surface area contributed by atoms with Crippen LogP contribution in [0.4, 0.5) is 0 Å². The van der Waals surface area contributed by atoms with Crippen molar-refractivity contribution >= 4 is 27.3 Å². The number of amides is 1. The third-order valence-electron chi connectivity index (χ3n) is 2.78. The number of hydrogen-bond donors (Lipinski definition) is 2. The van der Waals surface area contributed by atoms with E-state index in [0.717, 1.165) is 5.01 Å². The summed E-state index contributed by atoms with van der Waals surface area (Å²) in [5.41, 5.74) is 2.78. The molecule has 0 saturated heterocycles. The molecule has 0 unspecified atom stereocenters. The van der Waals surface area contributed by atoms with Gasteiger partial charge in [-0.15, -0.1) is 16.2 Å². The van der Waals surface area contributed by atoms with Crippen molar-refractivity contribution in [2.45, 2.75) is 25.2 Å². The normalized spacial score (nSPS) is 11.2. The minimum atomic E-state index is -3.83. The summed E-state index contributed by atoms with van der Waals surface area (Å²) in [6, 6.07) is 5.92. The molecule has 1 aromatic heterocycles. The Morgan fingerprint density at radius 3 is 2.57 bits per heavy atom. The van der Waals surface area contributed by atoms with Crippen molar-refractivity contribution in [2.24, 2.45) is 0 Å². The van der Waals surface area contributed by atoms with Gasteiger partial charge in [0.2, 0.25) is 5.91 Å². The highest BCUT2D eigenvalue weighted by atomic mass is 32.2. The fourth-order valence-electron chi connectivity index (χ4n) is 1.76. The van der Waals surface area contributed by atoms with Crippen molar-refractivity contribution < 1.29 is 17.9 Å². The number of hydrogen-bond acceptors (Lipinski definition) is 6. The van der Waals surface area contributed by atoms with Gasteiger partial charge >= 0.3 is 0 Å². The molecule has 0 aliphatic heterocycles. The molecule has 1 aromatic carbocycles. The predicted molar refractivity (Wildman–Crippen MR) is 86.6 cm³/mol. The number of nitrogens with zero attached hydrogens (tertiary/aromatic N) is 1. The van der Waals surface area contributed by atoms with E-state index in [2.05, 4.69) is 15.2 Å². The molecular formula is C14H17N3O4S2. The summed E-state index contributed by atoms with van der Waals surface area (Å²) in [5, 5.41) is 2.61. The Kier molecular flexibility index (Phi) is 5.69. The van der Waals surface area contributed by atoms with Gasteiger partial charge in [0.15, 0.2) is 0 Å². The molecule has 0 radical (unpaired) electrons. The molecule has 0 saturated carbocycles. The van der Waals surface area contributed by atoms with Crippen molar-refractivity contribution in [3.63, 3.8) is 0 Å². The summed E-state index contributed by atoms with van der Waals surface area (Å²) >= 11 is 1.43. The molecular weight excluding hydrogens is 338 g/mol. The van der Waals surface area contributed by atoms with Gasteiger partial charge in [-0.05, 0) is 38.1 Å². The van der Waals surface area contributed by atoms with Crippen LogP contribution in [0.15, 0.2) is 34.5 Å². The molecule has 2 aromatic rings. The molecule has 0 fully saturated rings. The summed E-state index contributed by atoms with van der Waals surface area (Å²) in [6.45, 7) is 4.17. The number of carbonyl (C=O) groups excluding carboxylic acids is 1. The Hall–Kier alpha value is -1.97. The van der Waals surface area contributed by atoms with E-state index in [1.165, 1.54) is 23.5 Å². The molecule has 9 heteroatoms. The number of benzene rings is 1. The van der Waals surface area contributed by atoms with Gasteiger partial charge in [-0.2, -0.15) is 0 Å². The van der Waals surface area contributed by atoms with Gasteiger partial charge < -0.3 is 4.74 Å². The zero-order valence-corrected chi connectivity index (χ0v) is 14.3. The maximum atomic E-state index is 12.1. The third kappa shape index (κ3) is 5.02. The molecule has 7 nitrogen and oxygen atoms in total. The number of nitrogens with one attached hydrogen (secondary N) is 2. The number of thiazole rings is 1. The van der Waals surface area contributed by atoms with Crippen molar-refractivity contribution in [3.05, 3.63) is 40.3 Å². The van der Waals surface area contributed by atoms with Gasteiger partial charge in [-0.3, -0.25) is 10.2 Å². The van der Waals surface area contributed by atoms with E-state index in [4.69, 9.17) is 4.74 Å². The first kappa shape index (κ1) is 17.4. The first-order valence-corrected chi connectivity index (χ1v) is 9.21. The molecule has 2 rings (SSSR count). The van der Waals surface area contributed by atoms with E-state index in [1.54, 1.807) is 17.5 Å². The maximum Gasteiger partial charge on any atom is 0.257 e. The topological polar surface area (TPSA) is 97.4 Å². The van der Waals surface area contributed by atoms with Crippen LogP contribution in [0.5, 0.6) is 5.75 Å². The Morgan fingerprint density at radius 1 is 1.30 bits per heavy atom. The summed E-state index contributed by atoms with van der Waals surface area (Å²) in [5.74, 6) is 0.0965. The first-order chi connectivity index (χ1) is 10.9. The highest BCUT2D eigenvalue weighted by Gasteiger charge is 2.15. The summed E-state index contributed by atoms with van der Waals surface area (Å²) in [6.07, 6.45) is 0.0101. The Morgan fingerprint density at radius 2 is 2.00 bits per heavy atom. The van der Waals surface area contributed by atoms with Crippen LogP contribution >= 0.6 is 11.3 Å². The van der Waals surface area contributed by atoms with E-state index in [0.29, 0.717) is 18.1 Å². The lowest BCUT2D eigenvalue weighted by Gasteiger charge is -2.09. The molecule has 2 N–H and O–H groups in total. The van der Waals surface area contributed by atoms with Crippen LogP contribution in [0.3, 0.4) is 0 Å². The predicted octanol–water partition coefficient (Wildman–Crippen LogP) is 1.40. The smallest absolute Gasteiger partial charge is 0.257 e. The lowest BCUT2D eigenvalue weighted by molar-refractivity contribution is -0.120. The molecule has 0 aliphatic carbocycles. The van der Waals surface area contributed by atoms with Crippen LogP contribution in [0, 0.1) is 6.92 Å². The number of rotatable bonds is 7. The molecule has 0 atom stereocenters. The van der Waals surface area contributed by atoms with Gasteiger partial charge in [0.25, 0.3) is 10.0 Å². The van der Waals surface area contributed by atoms with E-state index >= 15 is 0 Å². The zero-order valence-electron chi connectivity index (χ0n) is 12.7. The van der Waals surface area contributed by atoms with Crippen LogP contribution in [0.25, 0.3) is 0 Å². The zero-order chi connectivity index (χ0) is 16.9. The van der Waals surface area contributed by atoms with Crippen LogP contribution < -0.4 is 15.0 Å². The Bertz CT molecular complexity index is 770. The fourth-order valence-corrected chi connectivity index (χ4v) is 3.24. The lowest BCUT2D eigenvalue weighted by Crippen LogP contribution is -2.42. The van der Waals surface area contributed by atoms with Gasteiger partial charge in [0.05, 0.1) is 28.6 Å². The number of ether oxygens (including phenoxy) is 1. The lowest BCUT2D eigenvalue weighted by atomic mass is 10.3. The standard InChI is InChI=1S/C14H17N3O4S2/c1-3-21-12-4-6-13(7-5-12)23(19,20)17-16-14(18)8-11-9-22-10(2)15-11/h4-7,9,17H,3,8H2,1-2H3,(H,16,18). The highest BCUT2D eigenvalue weighted by Crippen LogP contribution is 2.15. The molecule has 0 spiro atoms. The molecule has 1 amide bonds. The van der Waals surface area contributed by atoms with Crippen LogP contribution in [-0.4, -0.2) is 25.9 Å². The Balaban J connectivity index is 1.93. The Labute approximate surface area is 138 Å². The summed E-state index contributed by atoms with van der Waals surface area (Å²) < 4.78 is 29.4. The summed E-state index contributed by atoms with van der Waals surface area (Å²) in [4.78, 5) is 18.0. The van der Waals surface area contributed by atoms with E-state index in [9.17, 15) is 13.2 Å². The van der Waals surface area contributed by atoms with Gasteiger partial charge in [-0.1, -0.05) is 0 Å². The van der Waals surface area contributed by atoms with Gasteiger partial charge in [0.1, 0.15) is 5.75 Å². The number of sulfonamides is 1. The average molecular weight is 355 g/mol. The minimum absolute atomic E-state index is 0.0101. The highest BCUT2D eigenvalue weighted by molar-refractivity contribution is 7.89. The first-order valence-electron chi connectivity index (χ1n) is 6.85. The van der Waals surface area contributed by atoms with Gasteiger partial charge in [0, 0.05) is 5.38 Å². The number of hydrazine groups is 1. The SMILES string of the molecule is CCOc1ccc(S(=O)(=O)NNC(=O)Cc2csc(C)n2)cc1. The molecule has 0 bridgehead atoms. The second-order valence-corrected chi connectivity index (χ2v) is 7.34. The monoisotopic (exact) mass is 355 g/mol. The van der Waals surface area contributed by atoms with E-state index < -0.39 is 15.9 Å². The van der Waals surface area contributed by atoms with Crippen molar-refractivity contribution in [1.29, 1.82) is 0 Å². The second kappa shape index (κ2) is 7.53. The molecule has 124 valence electrons. The van der Waals surface area contributed by atoms with Crippen molar-refractivity contribution in [3.8, 4) is 5.75 Å². The third-order valence-corrected chi connectivity index (χ3v) is 4.86. The second-order valence-electron chi connectivity index (χ2n) is 4.59. The van der Waals surface area contributed by atoms with Crippen LogP contribution in [0.1, 0.15) is 17.6 Å². The molecule has 1 heterocycles. The molecule has 0 aliphatic rings. The largest absolute Gasteiger partial charge is 0.494 e. The fraction of sp³-hybridized carbons (Fsp3) is 0.286. The van der Waals surface area contributed by atoms with Crippen molar-refractivity contribution in [1.82, 2.24) is 15.2 Å². The maximum absolute atomic E-state index is 12.1. The minimum Gasteiger partial charge on any atom is -0.494 e. The average Bonchev–Trinajstić information content (AvgIpc) is 2.91. The number of aromatic nitrogens is 1. The quantitative estimate of drug-likeness (QED) is 0.732. The van der Waals surface area contributed by atoms with E-state index in [-0.39, 0.29) is 11.3 Å². The summed E-state index contributed by atoms with van der Waals surface area (Å²) in [7, 11) is -3.83. The van der Waals surface area contributed by atoms with E-state index in [1.807, 2.05) is 13.8 Å². The van der Waals surface area contributed by atoms with Crippen molar-refractivity contribution in [2.75, 3.05) is 6.61 Å². The van der Waals surface area contributed by atoms with Crippen LogP contribution in [0.2, 0.25) is 0 Å². The number of carbonyl (C=O) groups is 1. The van der Waals surface area contributed by atoms with Crippen LogP contribution in [-0.2, 0) is 21.2 Å². The number of aryl methyl sites for hydroxylation is 1.